The number of hydrogen-bond donors (Lipinski definition) is 0. The van der Waals surface area contributed by atoms with Crippen molar-refractivity contribution in [3.05, 3.63) is 47.7 Å². The quantitative estimate of drug-likeness (QED) is 0.632. The summed E-state index contributed by atoms with van der Waals surface area (Å²) in [5.41, 5.74) is 1.60. The second-order valence-corrected chi connectivity index (χ2v) is 8.26. The lowest BCUT2D eigenvalue weighted by atomic mass is 10.2. The Balaban J connectivity index is 1.31. The minimum atomic E-state index is 0.0357. The molecule has 0 saturated carbocycles. The molecular weight excluding hydrogens is 402 g/mol. The lowest BCUT2D eigenvalue weighted by Crippen LogP contribution is -2.31. The highest BCUT2D eigenvalue weighted by Crippen LogP contribution is 2.32. The van der Waals surface area contributed by atoms with E-state index in [1.54, 1.807) is 17.2 Å². The Hall–Kier alpha value is -2.74. The molecule has 30 heavy (non-hydrogen) atoms. The molecule has 1 aromatic heterocycles. The summed E-state index contributed by atoms with van der Waals surface area (Å²) in [6.45, 7) is 4.97. The molecule has 0 bridgehead atoms. The Morgan fingerprint density at radius 2 is 1.93 bits per heavy atom. The van der Waals surface area contributed by atoms with Gasteiger partial charge in [0.2, 0.25) is 12.7 Å². The highest BCUT2D eigenvalue weighted by atomic mass is 32.2. The molecule has 0 radical (unpaired) electrons. The van der Waals surface area contributed by atoms with E-state index in [9.17, 15) is 9.59 Å². The number of benzene rings is 1. The number of carbonyl (C=O) groups is 2. The largest absolute Gasteiger partial charge is 0.454 e. The third kappa shape index (κ3) is 4.70. The van der Waals surface area contributed by atoms with Gasteiger partial charge in [-0.25, -0.2) is 4.98 Å². The molecule has 0 atom stereocenters. The van der Waals surface area contributed by atoms with Crippen molar-refractivity contribution < 1.29 is 19.1 Å². The second-order valence-electron chi connectivity index (χ2n) is 7.27. The molecule has 3 heterocycles. The van der Waals surface area contributed by atoms with Crippen LogP contribution in [0.3, 0.4) is 0 Å². The van der Waals surface area contributed by atoms with Gasteiger partial charge in [0.15, 0.2) is 11.5 Å². The van der Waals surface area contributed by atoms with Crippen molar-refractivity contribution in [1.82, 2.24) is 14.8 Å². The number of pyridine rings is 1. The number of amides is 2. The number of rotatable bonds is 7. The number of fused-ring (bicyclic) bond motifs is 1. The van der Waals surface area contributed by atoms with Gasteiger partial charge < -0.3 is 19.3 Å². The van der Waals surface area contributed by atoms with Crippen LogP contribution in [0.5, 0.6) is 11.5 Å². The van der Waals surface area contributed by atoms with Crippen molar-refractivity contribution in [3.63, 3.8) is 0 Å². The smallest absolute Gasteiger partial charge is 0.255 e. The molecule has 1 saturated heterocycles. The van der Waals surface area contributed by atoms with Crippen LogP contribution < -0.4 is 9.47 Å². The summed E-state index contributed by atoms with van der Waals surface area (Å²) >= 11 is 1.38. The molecule has 2 aliphatic heterocycles. The number of ether oxygens (including phenoxy) is 2. The highest BCUT2D eigenvalue weighted by molar-refractivity contribution is 7.99. The van der Waals surface area contributed by atoms with E-state index in [-0.39, 0.29) is 18.6 Å². The number of aromatic nitrogens is 1. The first kappa shape index (κ1) is 20.5. The number of hydrogen-bond acceptors (Lipinski definition) is 6. The monoisotopic (exact) mass is 427 g/mol. The summed E-state index contributed by atoms with van der Waals surface area (Å²) in [6.07, 6.45) is 3.74. The molecule has 2 aliphatic rings. The van der Waals surface area contributed by atoms with E-state index < -0.39 is 0 Å². The molecule has 8 heteroatoms. The van der Waals surface area contributed by atoms with Crippen LogP contribution in [0.4, 0.5) is 0 Å². The summed E-state index contributed by atoms with van der Waals surface area (Å²) < 4.78 is 10.7. The van der Waals surface area contributed by atoms with Gasteiger partial charge in [-0.05, 0) is 49.6 Å². The first-order chi connectivity index (χ1) is 14.6. The third-order valence-electron chi connectivity index (χ3n) is 5.26. The fourth-order valence-electron chi connectivity index (χ4n) is 3.56. The molecule has 0 spiro atoms. The normalized spacial score (nSPS) is 14.8. The summed E-state index contributed by atoms with van der Waals surface area (Å²) in [6, 6.07) is 9.36. The minimum absolute atomic E-state index is 0.0357. The average Bonchev–Trinajstić information content (AvgIpc) is 3.47. The maximum Gasteiger partial charge on any atom is 0.255 e. The lowest BCUT2D eigenvalue weighted by Gasteiger charge is -2.21. The Morgan fingerprint density at radius 3 is 2.67 bits per heavy atom. The summed E-state index contributed by atoms with van der Waals surface area (Å²) in [5.74, 6) is 1.83. The van der Waals surface area contributed by atoms with Crippen molar-refractivity contribution in [2.24, 2.45) is 0 Å². The van der Waals surface area contributed by atoms with Gasteiger partial charge in [0.1, 0.15) is 0 Å². The first-order valence-electron chi connectivity index (χ1n) is 10.2. The predicted octanol–water partition coefficient (Wildman–Crippen LogP) is 3.19. The van der Waals surface area contributed by atoms with E-state index in [1.807, 2.05) is 36.1 Å². The molecule has 0 N–H and O–H groups in total. The molecule has 4 rings (SSSR count). The Labute approximate surface area is 180 Å². The number of nitrogens with zero attached hydrogens (tertiary/aromatic N) is 3. The van der Waals surface area contributed by atoms with E-state index in [4.69, 9.17) is 9.47 Å². The highest BCUT2D eigenvalue weighted by Gasteiger charge is 2.20. The molecule has 2 aromatic rings. The summed E-state index contributed by atoms with van der Waals surface area (Å²) in [5, 5.41) is 0.737. The zero-order chi connectivity index (χ0) is 20.9. The zero-order valence-corrected chi connectivity index (χ0v) is 17.8. The topological polar surface area (TPSA) is 72.0 Å². The SMILES string of the molecule is CCN(Cc1ccc2c(c1)OCO2)C(=O)CSc1ccc(C(=O)N2CCCC2)cn1. The van der Waals surface area contributed by atoms with Gasteiger partial charge in [0.05, 0.1) is 16.3 Å². The number of thioether (sulfide) groups is 1. The van der Waals surface area contributed by atoms with Crippen molar-refractivity contribution >= 4 is 23.6 Å². The van der Waals surface area contributed by atoms with Gasteiger partial charge in [0.25, 0.3) is 5.91 Å². The van der Waals surface area contributed by atoms with Crippen LogP contribution in [0, 0.1) is 0 Å². The van der Waals surface area contributed by atoms with E-state index >= 15 is 0 Å². The van der Waals surface area contributed by atoms with Crippen LogP contribution in [0.25, 0.3) is 0 Å². The summed E-state index contributed by atoms with van der Waals surface area (Å²) in [7, 11) is 0. The molecular formula is C22H25N3O4S. The third-order valence-corrected chi connectivity index (χ3v) is 6.19. The van der Waals surface area contributed by atoms with Gasteiger partial charge in [-0.15, -0.1) is 0 Å². The Bertz CT molecular complexity index is 913. The van der Waals surface area contributed by atoms with Gasteiger partial charge in [-0.2, -0.15) is 0 Å². The molecule has 0 aliphatic carbocycles. The van der Waals surface area contributed by atoms with E-state index in [1.165, 1.54) is 11.8 Å². The number of carbonyl (C=O) groups excluding carboxylic acids is 2. The van der Waals surface area contributed by atoms with Crippen LogP contribution in [-0.2, 0) is 11.3 Å². The Kier molecular flexibility index (Phi) is 6.42. The molecule has 7 nitrogen and oxygen atoms in total. The van der Waals surface area contributed by atoms with Gasteiger partial charge in [-0.1, -0.05) is 17.8 Å². The van der Waals surface area contributed by atoms with Gasteiger partial charge in [0, 0.05) is 32.4 Å². The van der Waals surface area contributed by atoms with Crippen LogP contribution >= 0.6 is 11.8 Å². The molecule has 1 aromatic carbocycles. The molecule has 1 fully saturated rings. The zero-order valence-electron chi connectivity index (χ0n) is 17.0. The predicted molar refractivity (Wildman–Crippen MR) is 114 cm³/mol. The van der Waals surface area contributed by atoms with E-state index in [0.717, 1.165) is 48.0 Å². The Morgan fingerprint density at radius 1 is 1.13 bits per heavy atom. The summed E-state index contributed by atoms with van der Waals surface area (Å²) in [4.78, 5) is 33.1. The fraction of sp³-hybridized carbons (Fsp3) is 0.409. The average molecular weight is 428 g/mol. The van der Waals surface area contributed by atoms with Crippen LogP contribution in [0.2, 0.25) is 0 Å². The number of likely N-dealkylation sites (tertiary alicyclic amines) is 1. The maximum absolute atomic E-state index is 12.7. The van der Waals surface area contributed by atoms with Crippen molar-refractivity contribution in [1.29, 1.82) is 0 Å². The standard InChI is InChI=1S/C22H25N3O4S/c1-2-24(13-16-5-7-18-19(11-16)29-15-28-18)21(26)14-30-20-8-6-17(12-23-20)22(27)25-9-3-4-10-25/h5-8,11-12H,2-4,9-10,13-15H2,1H3. The van der Waals surface area contributed by atoms with E-state index in [2.05, 4.69) is 4.98 Å². The first-order valence-corrected chi connectivity index (χ1v) is 11.2. The van der Waals surface area contributed by atoms with Crippen LogP contribution in [0.1, 0.15) is 35.7 Å². The van der Waals surface area contributed by atoms with Crippen LogP contribution in [0.15, 0.2) is 41.6 Å². The van der Waals surface area contributed by atoms with Crippen molar-refractivity contribution in [2.75, 3.05) is 32.2 Å². The fourth-order valence-corrected chi connectivity index (χ4v) is 4.30. The molecule has 158 valence electrons. The second kappa shape index (κ2) is 9.38. The maximum atomic E-state index is 12.7. The molecule has 2 amide bonds. The van der Waals surface area contributed by atoms with Crippen molar-refractivity contribution in [2.45, 2.75) is 31.3 Å². The van der Waals surface area contributed by atoms with Crippen LogP contribution in [-0.4, -0.2) is 58.8 Å². The van der Waals surface area contributed by atoms with Gasteiger partial charge >= 0.3 is 0 Å². The minimum Gasteiger partial charge on any atom is -0.454 e. The molecule has 0 unspecified atom stereocenters. The van der Waals surface area contributed by atoms with E-state index in [0.29, 0.717) is 24.4 Å². The van der Waals surface area contributed by atoms with Gasteiger partial charge in [-0.3, -0.25) is 9.59 Å². The van der Waals surface area contributed by atoms with Crippen molar-refractivity contribution in [3.8, 4) is 11.5 Å². The lowest BCUT2D eigenvalue weighted by molar-refractivity contribution is -0.128.